The number of hydrogen-bond acceptors (Lipinski definition) is 14. The van der Waals surface area contributed by atoms with E-state index >= 15 is 0 Å². The summed E-state index contributed by atoms with van der Waals surface area (Å²) < 4.78 is 288. The van der Waals surface area contributed by atoms with Crippen LogP contribution in [-0.2, 0) is 49.3 Å². The molecule has 0 radical (unpaired) electrons. The minimum atomic E-state index is -5.01. The van der Waals surface area contributed by atoms with Gasteiger partial charge in [0.2, 0.25) is 5.60 Å². The van der Waals surface area contributed by atoms with Crippen molar-refractivity contribution in [3.63, 3.8) is 0 Å². The van der Waals surface area contributed by atoms with Gasteiger partial charge in [-0.1, -0.05) is 126 Å². The van der Waals surface area contributed by atoms with Crippen molar-refractivity contribution in [2.75, 3.05) is 7.11 Å². The van der Waals surface area contributed by atoms with E-state index in [4.69, 9.17) is 19.3 Å². The first kappa shape index (κ1) is 118. The quantitative estimate of drug-likeness (QED) is 0.0288. The van der Waals surface area contributed by atoms with Crippen molar-refractivity contribution in [1.82, 2.24) is 0 Å². The molecule has 0 spiro atoms. The van der Waals surface area contributed by atoms with Crippen LogP contribution >= 0.6 is 0 Å². The third kappa shape index (κ3) is 33.7. The van der Waals surface area contributed by atoms with Gasteiger partial charge in [-0.25, -0.2) is 0 Å². The van der Waals surface area contributed by atoms with Gasteiger partial charge in [-0.05, 0) is 264 Å². The van der Waals surface area contributed by atoms with Crippen molar-refractivity contribution in [3.05, 3.63) is 35.4 Å². The van der Waals surface area contributed by atoms with Crippen molar-refractivity contribution in [3.8, 4) is 0 Å². The van der Waals surface area contributed by atoms with Crippen LogP contribution in [0.3, 0.4) is 0 Å². The van der Waals surface area contributed by atoms with E-state index in [-0.39, 0.29) is 66.7 Å². The molecule has 0 saturated heterocycles. The van der Waals surface area contributed by atoms with Gasteiger partial charge in [0.05, 0.1) is 28.8 Å². The molecule has 6 rings (SSSR count). The average Bonchev–Trinajstić information content (AvgIpc) is 1.74. The summed E-state index contributed by atoms with van der Waals surface area (Å²) in [6, 6.07) is 2.97. The zero-order valence-corrected chi connectivity index (χ0v) is 76.6. The third-order valence-corrected chi connectivity index (χ3v) is 26.7. The van der Waals surface area contributed by atoms with Gasteiger partial charge in [0.1, 0.15) is 12.2 Å². The first-order valence-electron chi connectivity index (χ1n) is 42.4. The van der Waals surface area contributed by atoms with E-state index in [9.17, 15) is 137 Å². The normalized spacial score (nSPS) is 24.6. The minimum absolute atomic E-state index is 0.0443. The molecule has 123 heavy (non-hydrogen) atoms. The van der Waals surface area contributed by atoms with Crippen molar-refractivity contribution in [2.24, 2.45) is 86.8 Å². The topological polar surface area (TPSA) is 227 Å². The van der Waals surface area contributed by atoms with Gasteiger partial charge in [-0.3, -0.25) is 19.2 Å². The Kier molecular flexibility index (Phi) is 42.7. The second kappa shape index (κ2) is 44.3. The summed E-state index contributed by atoms with van der Waals surface area (Å²) in [5, 5.41) is 57.0. The van der Waals surface area contributed by atoms with Crippen LogP contribution in [0.25, 0.3) is 0 Å². The molecule has 5 fully saturated rings. The lowest BCUT2D eigenvalue weighted by atomic mass is 9.72. The largest absolute Gasteiger partial charge is 0.469 e. The number of fused-ring (bicyclic) bond motifs is 4. The molecular weight excluding hydrogens is 1680 g/mol. The number of benzene rings is 1. The fourth-order valence-electron chi connectivity index (χ4n) is 14.7. The molecule has 5 aliphatic rings. The molecule has 35 heteroatoms. The summed E-state index contributed by atoms with van der Waals surface area (Å²) in [5.41, 5.74) is -23.8. The molecule has 18 atom stereocenters. The highest BCUT2D eigenvalue weighted by atomic mass is 19.4. The van der Waals surface area contributed by atoms with Gasteiger partial charge in [0.25, 0.3) is 0 Å². The molecule has 1 aromatic rings. The molecule has 1 aromatic carbocycles. The molecular formula is C88H143F21O14. The lowest BCUT2D eigenvalue weighted by Crippen LogP contribution is -2.48. The Hall–Kier alpha value is -4.61. The van der Waals surface area contributed by atoms with Crippen molar-refractivity contribution >= 4 is 23.9 Å². The number of methoxy groups -OCH3 is 1. The van der Waals surface area contributed by atoms with Crippen molar-refractivity contribution < 1.29 is 161 Å². The fourth-order valence-corrected chi connectivity index (χ4v) is 14.7. The van der Waals surface area contributed by atoms with Gasteiger partial charge in [-0.15, -0.1) is 0 Å². The molecule has 5 aliphatic carbocycles. The molecule has 5 saturated carbocycles. The number of aliphatic hydroxyl groups is 6. The van der Waals surface area contributed by atoms with Gasteiger partial charge >= 0.3 is 67.1 Å². The standard InChI is InChI=1S/C18H22F6O3.C17H29F3O3.C14H25F3O3.C13H21F3O.C11H17F3O.C8H15F3O.C7H14O2/c1-6-14(2,3)13(25)27-16(5,18(22,23)24)12-9-7-11(8-10-12)15(4,26)17(19,20)21;1-5-15(2,3)14(21)23-13(12-9-7-6-8-10-12)11-16(4,22)17(18,19)20;1-7-12(4,5)11(18)20-10(9(2)3)8-13(6,19)14(15,16)17;1-7-8(2)11-5-9(7)4-10(11)6-12(3,17)13(14,15)16;1-10(15,11(12,13)14)6-9-5-7-2-3-8(9)4-7;1-4-6(2)5-7(3,12)8(9,10)11;1-5-7(2,3)6(8)9-4/h7-10,26H,6H2,1-5H3;12-13,22H,5-11H2,1-4H3;9-10,19H,7-8H2,1-6H3;7-11,17H,4-6H2,1-3H3;7-9,15H,2-6H2,1H3;6,12H,4-5H2,1-3H3;5H2,1-4H3. The highest BCUT2D eigenvalue weighted by Crippen LogP contribution is 2.58. The van der Waals surface area contributed by atoms with Crippen molar-refractivity contribution in [1.29, 1.82) is 0 Å². The minimum Gasteiger partial charge on any atom is -0.469 e. The van der Waals surface area contributed by atoms with Gasteiger partial charge in [0.15, 0.2) is 33.6 Å². The summed E-state index contributed by atoms with van der Waals surface area (Å²) in [4.78, 5) is 47.3. The molecule has 18 unspecified atom stereocenters. The zero-order chi connectivity index (χ0) is 97.5. The Bertz CT molecular complexity index is 3360. The van der Waals surface area contributed by atoms with E-state index in [2.05, 4.69) is 18.6 Å². The van der Waals surface area contributed by atoms with E-state index in [0.29, 0.717) is 75.5 Å². The van der Waals surface area contributed by atoms with Crippen LogP contribution in [0.4, 0.5) is 92.2 Å². The lowest BCUT2D eigenvalue weighted by Gasteiger charge is -2.37. The van der Waals surface area contributed by atoms with Gasteiger partial charge in [0, 0.05) is 18.4 Å². The second-order valence-corrected chi connectivity index (χ2v) is 39.2. The van der Waals surface area contributed by atoms with E-state index in [0.717, 1.165) is 123 Å². The van der Waals surface area contributed by atoms with Gasteiger partial charge < -0.3 is 49.6 Å². The summed E-state index contributed by atoms with van der Waals surface area (Å²) in [6.07, 6.45) is -23.4. The second-order valence-electron chi connectivity index (χ2n) is 39.2. The molecule has 14 nitrogen and oxygen atoms in total. The van der Waals surface area contributed by atoms with E-state index < -0.39 is 153 Å². The van der Waals surface area contributed by atoms with Crippen molar-refractivity contribution in [2.45, 2.75) is 403 Å². The van der Waals surface area contributed by atoms with Crippen LogP contribution < -0.4 is 0 Å². The predicted molar refractivity (Wildman–Crippen MR) is 424 cm³/mol. The fraction of sp³-hybridized carbons (Fsp3) is 0.886. The first-order chi connectivity index (χ1) is 54.7. The Morgan fingerprint density at radius 2 is 0.772 bits per heavy atom. The number of carbonyl (C=O) groups excluding carboxylic acids is 4. The van der Waals surface area contributed by atoms with E-state index in [1.165, 1.54) is 27.4 Å². The van der Waals surface area contributed by atoms with Crippen LogP contribution in [0.15, 0.2) is 24.3 Å². The maximum atomic E-state index is 13.7. The number of esters is 4. The maximum absolute atomic E-state index is 13.7. The Balaban J connectivity index is 0.00000144. The van der Waals surface area contributed by atoms with E-state index in [1.54, 1.807) is 69.2 Å². The highest BCUT2D eigenvalue weighted by molar-refractivity contribution is 5.77. The summed E-state index contributed by atoms with van der Waals surface area (Å²) >= 11 is 0. The van der Waals surface area contributed by atoms with Crippen LogP contribution in [0.5, 0.6) is 0 Å². The summed E-state index contributed by atoms with van der Waals surface area (Å²) in [7, 11) is 1.42. The number of halogens is 21. The smallest absolute Gasteiger partial charge is 0.432 e. The van der Waals surface area contributed by atoms with E-state index in [1.807, 2.05) is 27.7 Å². The number of rotatable bonds is 26. The molecule has 0 aliphatic heterocycles. The maximum Gasteiger partial charge on any atom is 0.432 e. The van der Waals surface area contributed by atoms with Crippen LogP contribution in [0, 0.1) is 86.8 Å². The average molecular weight is 1820 g/mol. The predicted octanol–water partition coefficient (Wildman–Crippen LogP) is 24.6. The number of ether oxygens (including phenoxy) is 4. The zero-order valence-electron chi connectivity index (χ0n) is 76.6. The molecule has 0 aromatic heterocycles. The monoisotopic (exact) mass is 1820 g/mol. The molecule has 6 N–H and O–H groups in total. The molecule has 726 valence electrons. The molecule has 4 bridgehead atoms. The van der Waals surface area contributed by atoms with Gasteiger partial charge in [-0.2, -0.15) is 92.2 Å². The Morgan fingerprint density at radius 1 is 0.398 bits per heavy atom. The number of carbonyl (C=O) groups is 4. The van der Waals surface area contributed by atoms with Crippen LogP contribution in [0.2, 0.25) is 0 Å². The summed E-state index contributed by atoms with van der Waals surface area (Å²) in [5.74, 6) is 0.474. The third-order valence-electron chi connectivity index (χ3n) is 26.7. The SMILES string of the molecule is CC(O)(CC1CC2CCC1C2)C(F)(F)F.CC1C2CC(CC(C)(O)C(F)(F)F)C(C2)C1C.CCC(C)(C)C(=O)OC.CCC(C)(C)C(=O)OC(C)(c1ccc(C(C)(O)C(F)(F)F)cc1)C(F)(F)F.CCC(C)(C)C(=O)OC(CC(C)(O)C(F)(F)F)C(C)C.CCC(C)(C)C(=O)OC(CC(C)(O)C(F)(F)F)C1CCCCC1.CCC(C)CC(C)(O)C(F)(F)F. The Labute approximate surface area is 714 Å². The first-order valence-corrected chi connectivity index (χ1v) is 42.4. The summed E-state index contributed by atoms with van der Waals surface area (Å²) in [6.45, 7) is 37.0. The van der Waals surface area contributed by atoms with Crippen LogP contribution in [-0.4, -0.2) is 145 Å². The molecule has 0 heterocycles. The van der Waals surface area contributed by atoms with Crippen LogP contribution in [0.1, 0.15) is 319 Å². The lowest BCUT2D eigenvalue weighted by molar-refractivity contribution is -0.273. The Morgan fingerprint density at radius 3 is 1.10 bits per heavy atom. The number of alkyl halides is 21. The molecule has 0 amide bonds. The highest BCUT2D eigenvalue weighted by Gasteiger charge is 2.61. The number of hydrogen-bond donors (Lipinski definition) is 6.